The van der Waals surface area contributed by atoms with E-state index < -0.39 is 0 Å². The quantitative estimate of drug-likeness (QED) is 0.615. The lowest BCUT2D eigenvalue weighted by atomic mass is 9.99. The third kappa shape index (κ3) is 4.11. The molecule has 0 atom stereocenters. The molecule has 8 nitrogen and oxygen atoms in total. The monoisotopic (exact) mass is 444 g/mol. The molecule has 2 amide bonds. The molecule has 0 radical (unpaired) electrons. The van der Waals surface area contributed by atoms with Gasteiger partial charge in [0, 0.05) is 42.8 Å². The molecule has 2 aliphatic rings. The van der Waals surface area contributed by atoms with E-state index >= 15 is 0 Å². The van der Waals surface area contributed by atoms with E-state index in [-0.39, 0.29) is 25.0 Å². The molecule has 0 bridgehead atoms. The smallest absolute Gasteiger partial charge is 0.266 e. The van der Waals surface area contributed by atoms with Crippen molar-refractivity contribution in [3.63, 3.8) is 0 Å². The number of aryl methyl sites for hydroxylation is 1. The lowest BCUT2D eigenvalue weighted by molar-refractivity contribution is -0.132. The number of rotatable bonds is 4. The molecule has 0 unspecified atom stereocenters. The molecule has 1 aromatic carbocycles. The lowest BCUT2D eigenvalue weighted by Gasteiger charge is -2.33. The molecule has 0 N–H and O–H groups in total. The SMILES string of the molecule is COc1ccc2c(c1)CN(C(=O)CN1C(=O)COc3cc(-c4cncc(C)c4)cnc31)CC2. The Balaban J connectivity index is 1.36. The summed E-state index contributed by atoms with van der Waals surface area (Å²) in [6, 6.07) is 9.80. The highest BCUT2D eigenvalue weighted by atomic mass is 16.5. The molecule has 0 fully saturated rings. The fraction of sp³-hybridized carbons (Fsp3) is 0.280. The van der Waals surface area contributed by atoms with Gasteiger partial charge in [-0.05, 0) is 54.3 Å². The average molecular weight is 444 g/mol. The largest absolute Gasteiger partial charge is 0.497 e. The van der Waals surface area contributed by atoms with Crippen molar-refractivity contribution in [3.05, 3.63) is 65.6 Å². The fourth-order valence-corrected chi connectivity index (χ4v) is 4.22. The van der Waals surface area contributed by atoms with Gasteiger partial charge in [-0.2, -0.15) is 0 Å². The Morgan fingerprint density at radius 1 is 1.12 bits per heavy atom. The highest BCUT2D eigenvalue weighted by Gasteiger charge is 2.31. The minimum absolute atomic E-state index is 0.0765. The van der Waals surface area contributed by atoms with Gasteiger partial charge >= 0.3 is 0 Å². The zero-order chi connectivity index (χ0) is 22.9. The summed E-state index contributed by atoms with van der Waals surface area (Å²) in [7, 11) is 1.63. The summed E-state index contributed by atoms with van der Waals surface area (Å²) < 4.78 is 11.0. The molecule has 168 valence electrons. The van der Waals surface area contributed by atoms with Crippen molar-refractivity contribution in [1.29, 1.82) is 0 Å². The summed E-state index contributed by atoms with van der Waals surface area (Å²) in [6.45, 7) is 2.87. The van der Waals surface area contributed by atoms with E-state index in [4.69, 9.17) is 9.47 Å². The van der Waals surface area contributed by atoms with Crippen LogP contribution in [0, 0.1) is 6.92 Å². The van der Waals surface area contributed by atoms with Gasteiger partial charge in [0.1, 0.15) is 12.3 Å². The van der Waals surface area contributed by atoms with Crippen LogP contribution < -0.4 is 14.4 Å². The van der Waals surface area contributed by atoms with Crippen molar-refractivity contribution in [2.75, 3.05) is 31.7 Å². The molecular weight excluding hydrogens is 420 g/mol. The number of aromatic nitrogens is 2. The second kappa shape index (κ2) is 8.54. The zero-order valence-corrected chi connectivity index (χ0v) is 18.6. The van der Waals surface area contributed by atoms with Crippen LogP contribution in [-0.2, 0) is 22.6 Å². The van der Waals surface area contributed by atoms with E-state index in [1.165, 1.54) is 10.5 Å². The van der Waals surface area contributed by atoms with Gasteiger partial charge in [0.2, 0.25) is 5.91 Å². The Morgan fingerprint density at radius 3 is 2.79 bits per heavy atom. The van der Waals surface area contributed by atoms with Gasteiger partial charge in [0.15, 0.2) is 18.2 Å². The molecule has 33 heavy (non-hydrogen) atoms. The lowest BCUT2D eigenvalue weighted by Crippen LogP contribution is -2.47. The van der Waals surface area contributed by atoms with Crippen LogP contribution in [0.3, 0.4) is 0 Å². The molecule has 3 aromatic rings. The first kappa shape index (κ1) is 20.9. The standard InChI is InChI=1S/C25H24N4O4/c1-16-7-18(11-26-10-16)19-9-22-25(27-12-19)29(24(31)15-33-22)14-23(30)28-6-5-17-3-4-21(32-2)8-20(17)13-28/h3-4,7-12H,5-6,13-15H2,1-2H3. The van der Waals surface area contributed by atoms with Gasteiger partial charge in [0.05, 0.1) is 7.11 Å². The maximum atomic E-state index is 13.1. The Bertz CT molecular complexity index is 1240. The van der Waals surface area contributed by atoms with Crippen LogP contribution in [0.15, 0.2) is 48.9 Å². The number of fused-ring (bicyclic) bond motifs is 2. The summed E-state index contributed by atoms with van der Waals surface area (Å²) in [5.74, 6) is 1.20. The van der Waals surface area contributed by atoms with E-state index in [0.29, 0.717) is 24.7 Å². The van der Waals surface area contributed by atoms with Crippen molar-refractivity contribution in [2.24, 2.45) is 0 Å². The van der Waals surface area contributed by atoms with Crippen molar-refractivity contribution in [2.45, 2.75) is 19.9 Å². The minimum atomic E-state index is -0.285. The molecule has 2 aliphatic heterocycles. The summed E-state index contributed by atoms with van der Waals surface area (Å²) in [4.78, 5) is 37.7. The highest BCUT2D eigenvalue weighted by Crippen LogP contribution is 2.34. The average Bonchev–Trinajstić information content (AvgIpc) is 2.84. The number of hydrogen-bond acceptors (Lipinski definition) is 6. The van der Waals surface area contributed by atoms with Crippen LogP contribution in [0.5, 0.6) is 11.5 Å². The van der Waals surface area contributed by atoms with E-state index in [2.05, 4.69) is 9.97 Å². The molecule has 4 heterocycles. The van der Waals surface area contributed by atoms with Gasteiger partial charge < -0.3 is 14.4 Å². The van der Waals surface area contributed by atoms with Crippen molar-refractivity contribution in [1.82, 2.24) is 14.9 Å². The number of carbonyl (C=O) groups is 2. The molecule has 0 saturated heterocycles. The van der Waals surface area contributed by atoms with Crippen LogP contribution in [0.2, 0.25) is 0 Å². The van der Waals surface area contributed by atoms with Crippen LogP contribution in [0.25, 0.3) is 11.1 Å². The van der Waals surface area contributed by atoms with Gasteiger partial charge in [-0.15, -0.1) is 0 Å². The van der Waals surface area contributed by atoms with Crippen LogP contribution in [0.1, 0.15) is 16.7 Å². The first-order valence-electron chi connectivity index (χ1n) is 10.8. The predicted molar refractivity (Wildman–Crippen MR) is 122 cm³/mol. The maximum Gasteiger partial charge on any atom is 0.266 e. The Kier molecular flexibility index (Phi) is 5.42. The van der Waals surface area contributed by atoms with E-state index in [1.54, 1.807) is 30.6 Å². The number of pyridine rings is 2. The number of amides is 2. The number of ether oxygens (including phenoxy) is 2. The molecule has 2 aromatic heterocycles. The van der Waals surface area contributed by atoms with Crippen LogP contribution >= 0.6 is 0 Å². The molecular formula is C25H24N4O4. The predicted octanol–water partition coefficient (Wildman–Crippen LogP) is 2.77. The minimum Gasteiger partial charge on any atom is -0.497 e. The Hall–Kier alpha value is -3.94. The summed E-state index contributed by atoms with van der Waals surface area (Å²) >= 11 is 0. The van der Waals surface area contributed by atoms with E-state index in [0.717, 1.165) is 34.4 Å². The second-order valence-electron chi connectivity index (χ2n) is 8.27. The highest BCUT2D eigenvalue weighted by molar-refractivity contribution is 6.01. The summed E-state index contributed by atoms with van der Waals surface area (Å²) in [6.07, 6.45) is 5.99. The number of methoxy groups -OCH3 is 1. The van der Waals surface area contributed by atoms with E-state index in [9.17, 15) is 9.59 Å². The zero-order valence-electron chi connectivity index (χ0n) is 18.6. The second-order valence-corrected chi connectivity index (χ2v) is 8.27. The van der Waals surface area contributed by atoms with Gasteiger partial charge in [0.25, 0.3) is 5.91 Å². The Morgan fingerprint density at radius 2 is 1.97 bits per heavy atom. The molecule has 5 rings (SSSR count). The molecule has 0 aliphatic carbocycles. The normalized spacial score (nSPS) is 14.9. The Labute approximate surface area is 191 Å². The van der Waals surface area contributed by atoms with Gasteiger partial charge in [-0.3, -0.25) is 19.5 Å². The van der Waals surface area contributed by atoms with E-state index in [1.807, 2.05) is 37.3 Å². The first-order chi connectivity index (χ1) is 16.0. The molecule has 0 saturated carbocycles. The van der Waals surface area contributed by atoms with Crippen molar-refractivity contribution in [3.8, 4) is 22.6 Å². The third-order valence-electron chi connectivity index (χ3n) is 6.02. The molecule has 8 heteroatoms. The summed E-state index contributed by atoms with van der Waals surface area (Å²) in [5.41, 5.74) is 5.07. The number of nitrogens with zero attached hydrogens (tertiary/aromatic N) is 4. The summed E-state index contributed by atoms with van der Waals surface area (Å²) in [5, 5.41) is 0. The fourth-order valence-electron chi connectivity index (χ4n) is 4.22. The maximum absolute atomic E-state index is 13.1. The number of anilines is 1. The molecule has 0 spiro atoms. The van der Waals surface area contributed by atoms with Gasteiger partial charge in [-0.1, -0.05) is 6.07 Å². The van der Waals surface area contributed by atoms with Crippen molar-refractivity contribution >= 4 is 17.6 Å². The first-order valence-corrected chi connectivity index (χ1v) is 10.8. The third-order valence-corrected chi connectivity index (χ3v) is 6.02. The topological polar surface area (TPSA) is 84.9 Å². The number of carbonyl (C=O) groups excluding carboxylic acids is 2. The van der Waals surface area contributed by atoms with Crippen LogP contribution in [-0.4, -0.2) is 53.5 Å². The van der Waals surface area contributed by atoms with Crippen molar-refractivity contribution < 1.29 is 19.1 Å². The number of hydrogen-bond donors (Lipinski definition) is 0. The van der Waals surface area contributed by atoms with Gasteiger partial charge in [-0.25, -0.2) is 4.98 Å². The number of benzene rings is 1. The van der Waals surface area contributed by atoms with Crippen LogP contribution in [0.4, 0.5) is 5.82 Å².